The van der Waals surface area contributed by atoms with Gasteiger partial charge in [0.2, 0.25) is 0 Å². The first kappa shape index (κ1) is 17.8. The first-order valence-corrected chi connectivity index (χ1v) is 8.15. The fraction of sp³-hybridized carbons (Fsp3) is 0.235. The van der Waals surface area contributed by atoms with Crippen molar-refractivity contribution in [1.82, 2.24) is 19.6 Å². The van der Waals surface area contributed by atoms with Gasteiger partial charge in [-0.15, -0.1) is 5.10 Å². The zero-order chi connectivity index (χ0) is 18.8. The molecule has 0 saturated heterocycles. The molecule has 0 spiro atoms. The average molecular weight is 374 g/mol. The van der Waals surface area contributed by atoms with Crippen LogP contribution in [-0.2, 0) is 9.53 Å². The van der Waals surface area contributed by atoms with E-state index in [2.05, 4.69) is 20.4 Å². The van der Waals surface area contributed by atoms with E-state index in [0.717, 1.165) is 16.8 Å². The maximum atomic E-state index is 12.1. The van der Waals surface area contributed by atoms with Gasteiger partial charge in [-0.25, -0.2) is 14.3 Å². The second-order valence-electron chi connectivity index (χ2n) is 5.80. The Morgan fingerprint density at radius 1 is 1.27 bits per heavy atom. The fourth-order valence-corrected chi connectivity index (χ4v) is 2.81. The van der Waals surface area contributed by atoms with E-state index in [0.29, 0.717) is 10.7 Å². The number of nitrogens with zero attached hydrogens (tertiary/aromatic N) is 4. The lowest BCUT2D eigenvalue weighted by Crippen LogP contribution is -2.22. The molecule has 26 heavy (non-hydrogen) atoms. The molecule has 1 amide bonds. The normalized spacial score (nSPS) is 10.8. The van der Waals surface area contributed by atoms with Crippen molar-refractivity contribution in [3.8, 4) is 0 Å². The largest absolute Gasteiger partial charge is 0.450 e. The van der Waals surface area contributed by atoms with Crippen LogP contribution in [0.3, 0.4) is 0 Å². The van der Waals surface area contributed by atoms with Crippen molar-refractivity contribution >= 4 is 34.9 Å². The summed E-state index contributed by atoms with van der Waals surface area (Å²) in [5, 5.41) is 7.09. The van der Waals surface area contributed by atoms with Crippen LogP contribution in [0.4, 0.5) is 5.69 Å². The van der Waals surface area contributed by atoms with Gasteiger partial charge in [0.1, 0.15) is 0 Å². The van der Waals surface area contributed by atoms with E-state index in [9.17, 15) is 9.59 Å². The van der Waals surface area contributed by atoms with Crippen LogP contribution in [0.5, 0.6) is 0 Å². The van der Waals surface area contributed by atoms with E-state index in [1.165, 1.54) is 4.52 Å². The molecule has 134 valence electrons. The fourth-order valence-electron chi connectivity index (χ4n) is 2.44. The molecule has 0 saturated carbocycles. The summed E-state index contributed by atoms with van der Waals surface area (Å²) >= 11 is 6.15. The second-order valence-corrected chi connectivity index (χ2v) is 6.20. The molecule has 0 radical (unpaired) electrons. The van der Waals surface area contributed by atoms with Gasteiger partial charge >= 0.3 is 5.97 Å². The number of aryl methyl sites for hydroxylation is 3. The highest BCUT2D eigenvalue weighted by atomic mass is 35.5. The monoisotopic (exact) mass is 373 g/mol. The summed E-state index contributed by atoms with van der Waals surface area (Å²) in [7, 11) is 0. The van der Waals surface area contributed by atoms with Crippen molar-refractivity contribution in [2.24, 2.45) is 0 Å². The number of carbonyl (C=O) groups is 2. The van der Waals surface area contributed by atoms with Crippen molar-refractivity contribution in [3.05, 3.63) is 52.1 Å². The lowest BCUT2D eigenvalue weighted by Gasteiger charge is -2.11. The third kappa shape index (κ3) is 3.65. The molecule has 0 aliphatic heterocycles. The lowest BCUT2D eigenvalue weighted by molar-refractivity contribution is -0.119. The Balaban J connectivity index is 1.65. The lowest BCUT2D eigenvalue weighted by atomic mass is 10.1. The van der Waals surface area contributed by atoms with E-state index in [1.807, 2.05) is 19.9 Å². The van der Waals surface area contributed by atoms with Gasteiger partial charge in [-0.3, -0.25) is 4.79 Å². The maximum absolute atomic E-state index is 12.1. The van der Waals surface area contributed by atoms with Gasteiger partial charge in [0.05, 0.1) is 10.7 Å². The number of hydrogen-bond acceptors (Lipinski definition) is 6. The van der Waals surface area contributed by atoms with Crippen LogP contribution in [0.2, 0.25) is 5.02 Å². The molecule has 2 heterocycles. The summed E-state index contributed by atoms with van der Waals surface area (Å²) in [6.45, 7) is 5.06. The summed E-state index contributed by atoms with van der Waals surface area (Å²) in [6.07, 6.45) is 1.57. The molecule has 1 N–H and O–H groups in total. The number of carbonyl (C=O) groups excluding carboxylic acids is 2. The van der Waals surface area contributed by atoms with Crippen molar-refractivity contribution < 1.29 is 14.3 Å². The molecule has 3 rings (SSSR count). The minimum atomic E-state index is -0.809. The molecule has 0 unspecified atom stereocenters. The number of ether oxygens (including phenoxy) is 1. The minimum Gasteiger partial charge on any atom is -0.450 e. The standard InChI is InChI=1S/C17H16ClN5O3/c1-9-6-10(2)14(12(18)7-9)20-13(24)8-26-16(25)15-21-17-19-5-4-11(3)23(17)22-15/h4-7H,8H2,1-3H3,(H,20,24). The highest BCUT2D eigenvalue weighted by molar-refractivity contribution is 6.34. The van der Waals surface area contributed by atoms with Crippen LogP contribution in [0.25, 0.3) is 5.78 Å². The molecule has 0 aliphatic rings. The number of benzene rings is 1. The van der Waals surface area contributed by atoms with E-state index in [1.54, 1.807) is 25.3 Å². The van der Waals surface area contributed by atoms with Crippen molar-refractivity contribution in [1.29, 1.82) is 0 Å². The van der Waals surface area contributed by atoms with Crippen LogP contribution in [0.1, 0.15) is 27.4 Å². The van der Waals surface area contributed by atoms with Gasteiger partial charge in [-0.05, 0) is 44.0 Å². The minimum absolute atomic E-state index is 0.163. The summed E-state index contributed by atoms with van der Waals surface area (Å²) in [5.41, 5.74) is 3.06. The van der Waals surface area contributed by atoms with Gasteiger partial charge in [0.25, 0.3) is 17.5 Å². The SMILES string of the molecule is Cc1cc(C)c(NC(=O)COC(=O)c2nc3nccc(C)n3n2)c(Cl)c1. The highest BCUT2D eigenvalue weighted by Gasteiger charge is 2.18. The summed E-state index contributed by atoms with van der Waals surface area (Å²) in [5.74, 6) is -1.20. The van der Waals surface area contributed by atoms with Gasteiger partial charge in [0.15, 0.2) is 6.61 Å². The number of aromatic nitrogens is 4. The maximum Gasteiger partial charge on any atom is 0.378 e. The van der Waals surface area contributed by atoms with Crippen LogP contribution >= 0.6 is 11.6 Å². The van der Waals surface area contributed by atoms with Crippen molar-refractivity contribution in [2.45, 2.75) is 20.8 Å². The Hall–Kier alpha value is -3.00. The molecule has 8 nitrogen and oxygen atoms in total. The van der Waals surface area contributed by atoms with Crippen LogP contribution in [0.15, 0.2) is 24.4 Å². The Labute approximate surface area is 154 Å². The predicted octanol–water partition coefficient (Wildman–Crippen LogP) is 2.50. The Morgan fingerprint density at radius 3 is 2.73 bits per heavy atom. The van der Waals surface area contributed by atoms with Crippen molar-refractivity contribution in [3.63, 3.8) is 0 Å². The zero-order valence-electron chi connectivity index (χ0n) is 14.4. The van der Waals surface area contributed by atoms with Gasteiger partial charge in [0, 0.05) is 11.9 Å². The molecular formula is C17H16ClN5O3. The van der Waals surface area contributed by atoms with Crippen LogP contribution < -0.4 is 5.32 Å². The highest BCUT2D eigenvalue weighted by Crippen LogP contribution is 2.27. The molecule has 9 heteroatoms. The third-order valence-corrected chi connectivity index (χ3v) is 3.94. The molecule has 1 aromatic carbocycles. The summed E-state index contributed by atoms with van der Waals surface area (Å²) < 4.78 is 6.40. The van der Waals surface area contributed by atoms with E-state index in [4.69, 9.17) is 16.3 Å². The third-order valence-electron chi connectivity index (χ3n) is 3.64. The summed E-state index contributed by atoms with van der Waals surface area (Å²) in [4.78, 5) is 32.1. The quantitative estimate of drug-likeness (QED) is 0.705. The van der Waals surface area contributed by atoms with Crippen LogP contribution in [0, 0.1) is 20.8 Å². The molecule has 0 aliphatic carbocycles. The molecule has 0 fully saturated rings. The topological polar surface area (TPSA) is 98.5 Å². The summed E-state index contributed by atoms with van der Waals surface area (Å²) in [6, 6.07) is 5.37. The average Bonchev–Trinajstić information content (AvgIpc) is 3.01. The molecule has 2 aromatic heterocycles. The number of nitrogens with one attached hydrogen (secondary N) is 1. The first-order chi connectivity index (χ1) is 12.3. The van der Waals surface area contributed by atoms with E-state index >= 15 is 0 Å². The molecule has 0 atom stereocenters. The number of esters is 1. The van der Waals surface area contributed by atoms with Crippen LogP contribution in [-0.4, -0.2) is 38.1 Å². The molecule has 3 aromatic rings. The smallest absolute Gasteiger partial charge is 0.378 e. The predicted molar refractivity (Wildman–Crippen MR) is 95.4 cm³/mol. The van der Waals surface area contributed by atoms with E-state index in [-0.39, 0.29) is 11.6 Å². The number of anilines is 1. The number of amides is 1. The first-order valence-electron chi connectivity index (χ1n) is 7.77. The zero-order valence-corrected chi connectivity index (χ0v) is 15.2. The van der Waals surface area contributed by atoms with Gasteiger partial charge < -0.3 is 10.1 Å². The molecular weight excluding hydrogens is 358 g/mol. The van der Waals surface area contributed by atoms with Crippen molar-refractivity contribution in [2.75, 3.05) is 11.9 Å². The number of rotatable bonds is 4. The Bertz CT molecular complexity index is 992. The Kier molecular flexibility index (Phi) is 4.85. The number of fused-ring (bicyclic) bond motifs is 1. The number of halogens is 1. The number of hydrogen-bond donors (Lipinski definition) is 1. The molecule has 0 bridgehead atoms. The van der Waals surface area contributed by atoms with Gasteiger partial charge in [-0.2, -0.15) is 4.98 Å². The van der Waals surface area contributed by atoms with E-state index < -0.39 is 18.5 Å². The Morgan fingerprint density at radius 2 is 2.04 bits per heavy atom. The second kappa shape index (κ2) is 7.09. The van der Waals surface area contributed by atoms with Gasteiger partial charge in [-0.1, -0.05) is 17.7 Å².